The van der Waals surface area contributed by atoms with E-state index in [1.54, 1.807) is 24.3 Å². The second-order valence-electron chi connectivity index (χ2n) is 5.56. The molecule has 0 fully saturated rings. The molecule has 6 heteroatoms. The molecule has 126 valence electrons. The number of hydrogen-bond acceptors (Lipinski definition) is 4. The Balaban J connectivity index is 1.61. The summed E-state index contributed by atoms with van der Waals surface area (Å²) >= 11 is 6.03. The third-order valence-electron chi connectivity index (χ3n) is 3.56. The van der Waals surface area contributed by atoms with Crippen molar-refractivity contribution in [3.05, 3.63) is 82.8 Å². The molecule has 1 aromatic heterocycles. The van der Waals surface area contributed by atoms with Gasteiger partial charge in [0.2, 0.25) is 0 Å². The molecule has 0 spiro atoms. The second kappa shape index (κ2) is 7.77. The number of halogens is 1. The van der Waals surface area contributed by atoms with Crippen LogP contribution in [0, 0.1) is 6.92 Å². The van der Waals surface area contributed by atoms with Gasteiger partial charge >= 0.3 is 0 Å². The van der Waals surface area contributed by atoms with Gasteiger partial charge in [0.05, 0.1) is 23.1 Å². The first-order valence-electron chi connectivity index (χ1n) is 7.79. The number of nitrogens with zero attached hydrogens (tertiary/aromatic N) is 2. The van der Waals surface area contributed by atoms with Crippen LogP contribution < -0.4 is 10.6 Å². The summed E-state index contributed by atoms with van der Waals surface area (Å²) in [5.74, 6) is 0.252. The summed E-state index contributed by atoms with van der Waals surface area (Å²) in [6, 6.07) is 15.2. The number of benzene rings is 2. The summed E-state index contributed by atoms with van der Waals surface area (Å²) in [6.07, 6.45) is 2.97. The van der Waals surface area contributed by atoms with Crippen molar-refractivity contribution in [3.8, 4) is 0 Å². The van der Waals surface area contributed by atoms with E-state index in [0.29, 0.717) is 23.1 Å². The highest BCUT2D eigenvalue weighted by Crippen LogP contribution is 2.20. The molecule has 25 heavy (non-hydrogen) atoms. The predicted molar refractivity (Wildman–Crippen MR) is 99.9 cm³/mol. The van der Waals surface area contributed by atoms with E-state index in [1.807, 2.05) is 12.1 Å². The number of carbonyl (C=O) groups excluding carboxylic acids is 1. The van der Waals surface area contributed by atoms with Crippen molar-refractivity contribution in [1.82, 2.24) is 9.97 Å². The van der Waals surface area contributed by atoms with Gasteiger partial charge in [-0.1, -0.05) is 53.6 Å². The van der Waals surface area contributed by atoms with Crippen molar-refractivity contribution >= 4 is 29.0 Å². The van der Waals surface area contributed by atoms with Gasteiger partial charge in [-0.05, 0) is 24.6 Å². The average Bonchev–Trinajstić information content (AvgIpc) is 2.62. The van der Waals surface area contributed by atoms with Crippen LogP contribution in [0.2, 0.25) is 5.02 Å². The van der Waals surface area contributed by atoms with E-state index in [4.69, 9.17) is 11.6 Å². The Kier molecular flexibility index (Phi) is 5.26. The minimum atomic E-state index is -0.356. The van der Waals surface area contributed by atoms with Crippen LogP contribution in [-0.4, -0.2) is 15.9 Å². The molecule has 2 N–H and O–H groups in total. The maximum Gasteiger partial charge on any atom is 0.275 e. The quantitative estimate of drug-likeness (QED) is 0.718. The van der Waals surface area contributed by atoms with Crippen molar-refractivity contribution in [3.63, 3.8) is 0 Å². The zero-order chi connectivity index (χ0) is 17.6. The number of aryl methyl sites for hydroxylation is 1. The molecular formula is C19H17ClN4O. The molecule has 0 aliphatic heterocycles. The molecule has 2 aromatic carbocycles. The third kappa shape index (κ3) is 4.55. The van der Waals surface area contributed by atoms with Crippen molar-refractivity contribution in [2.75, 3.05) is 10.6 Å². The van der Waals surface area contributed by atoms with E-state index in [9.17, 15) is 4.79 Å². The largest absolute Gasteiger partial charge is 0.365 e. The van der Waals surface area contributed by atoms with Crippen LogP contribution in [0.4, 0.5) is 11.5 Å². The first-order chi connectivity index (χ1) is 12.1. The van der Waals surface area contributed by atoms with Crippen molar-refractivity contribution in [2.24, 2.45) is 0 Å². The van der Waals surface area contributed by atoms with Gasteiger partial charge in [0, 0.05) is 6.54 Å². The molecule has 0 saturated carbocycles. The first kappa shape index (κ1) is 16.9. The third-order valence-corrected chi connectivity index (χ3v) is 3.89. The van der Waals surface area contributed by atoms with Crippen molar-refractivity contribution in [2.45, 2.75) is 13.5 Å². The van der Waals surface area contributed by atoms with Gasteiger partial charge in [0.25, 0.3) is 5.91 Å². The van der Waals surface area contributed by atoms with Crippen LogP contribution in [0.25, 0.3) is 0 Å². The fraction of sp³-hybridized carbons (Fsp3) is 0.105. The molecule has 0 unspecified atom stereocenters. The Labute approximate surface area is 151 Å². The van der Waals surface area contributed by atoms with Crippen molar-refractivity contribution in [1.29, 1.82) is 0 Å². The topological polar surface area (TPSA) is 66.9 Å². The zero-order valence-electron chi connectivity index (χ0n) is 13.7. The van der Waals surface area contributed by atoms with Crippen molar-refractivity contribution < 1.29 is 4.79 Å². The molecule has 0 aliphatic carbocycles. The zero-order valence-corrected chi connectivity index (χ0v) is 14.4. The number of anilines is 2. The number of para-hydroxylation sites is 1. The lowest BCUT2D eigenvalue weighted by atomic mass is 10.1. The molecule has 1 heterocycles. The van der Waals surface area contributed by atoms with Gasteiger partial charge in [0.15, 0.2) is 0 Å². The van der Waals surface area contributed by atoms with Crippen LogP contribution in [0.1, 0.15) is 21.6 Å². The Morgan fingerprint density at radius 2 is 1.92 bits per heavy atom. The lowest BCUT2D eigenvalue weighted by Gasteiger charge is -2.08. The van der Waals surface area contributed by atoms with E-state index < -0.39 is 0 Å². The first-order valence-corrected chi connectivity index (χ1v) is 8.17. The standard InChI is InChI=1S/C19H17ClN4O/c1-13-5-4-6-14(9-13)10-22-18-12-21-17(11-23-18)19(25)24-16-8-3-2-7-15(16)20/h2-9,11-12H,10H2,1H3,(H,22,23)(H,24,25). The number of nitrogens with one attached hydrogen (secondary N) is 2. The van der Waals surface area contributed by atoms with Crippen LogP contribution >= 0.6 is 11.6 Å². The van der Waals surface area contributed by atoms with E-state index in [0.717, 1.165) is 5.56 Å². The molecule has 0 radical (unpaired) electrons. The maximum absolute atomic E-state index is 12.2. The summed E-state index contributed by atoms with van der Waals surface area (Å²) < 4.78 is 0. The molecule has 0 bridgehead atoms. The highest BCUT2D eigenvalue weighted by molar-refractivity contribution is 6.33. The molecule has 5 nitrogen and oxygen atoms in total. The molecule has 0 saturated heterocycles. The monoisotopic (exact) mass is 352 g/mol. The number of carbonyl (C=O) groups is 1. The summed E-state index contributed by atoms with van der Waals surface area (Å²) in [6.45, 7) is 2.69. The van der Waals surface area contributed by atoms with Crippen LogP contribution in [-0.2, 0) is 6.54 Å². The Hall–Kier alpha value is -2.92. The summed E-state index contributed by atoms with van der Waals surface area (Å²) in [5, 5.41) is 6.38. The lowest BCUT2D eigenvalue weighted by molar-refractivity contribution is 0.102. The fourth-order valence-corrected chi connectivity index (χ4v) is 2.48. The number of aromatic nitrogens is 2. The number of amides is 1. The highest BCUT2D eigenvalue weighted by atomic mass is 35.5. The molecule has 0 aliphatic rings. The van der Waals surface area contributed by atoms with Crippen LogP contribution in [0.3, 0.4) is 0 Å². The maximum atomic E-state index is 12.2. The highest BCUT2D eigenvalue weighted by Gasteiger charge is 2.10. The number of rotatable bonds is 5. The van der Waals surface area contributed by atoms with Gasteiger partial charge in [-0.15, -0.1) is 0 Å². The number of hydrogen-bond donors (Lipinski definition) is 2. The minimum Gasteiger partial charge on any atom is -0.365 e. The van der Waals surface area contributed by atoms with Gasteiger partial charge in [0.1, 0.15) is 11.5 Å². The molecule has 3 rings (SSSR count). The lowest BCUT2D eigenvalue weighted by Crippen LogP contribution is -2.14. The molecule has 1 amide bonds. The Bertz CT molecular complexity index is 881. The SMILES string of the molecule is Cc1cccc(CNc2cnc(C(=O)Nc3ccccc3Cl)cn2)c1. The van der Waals surface area contributed by atoms with E-state index >= 15 is 0 Å². The van der Waals surface area contributed by atoms with E-state index in [2.05, 4.69) is 39.7 Å². The van der Waals surface area contributed by atoms with E-state index in [-0.39, 0.29) is 11.6 Å². The van der Waals surface area contributed by atoms with Gasteiger partial charge in [-0.3, -0.25) is 4.79 Å². The summed E-state index contributed by atoms with van der Waals surface area (Å²) in [4.78, 5) is 20.6. The summed E-state index contributed by atoms with van der Waals surface area (Å²) in [5.41, 5.74) is 3.12. The van der Waals surface area contributed by atoms with Gasteiger partial charge in [-0.25, -0.2) is 9.97 Å². The van der Waals surface area contributed by atoms with E-state index in [1.165, 1.54) is 18.0 Å². The second-order valence-corrected chi connectivity index (χ2v) is 5.97. The van der Waals surface area contributed by atoms with Gasteiger partial charge in [-0.2, -0.15) is 0 Å². The molecular weight excluding hydrogens is 336 g/mol. The predicted octanol–water partition coefficient (Wildman–Crippen LogP) is 4.30. The molecule has 0 atom stereocenters. The fourth-order valence-electron chi connectivity index (χ4n) is 2.30. The summed E-state index contributed by atoms with van der Waals surface area (Å²) in [7, 11) is 0. The molecule has 3 aromatic rings. The Morgan fingerprint density at radius 3 is 2.64 bits per heavy atom. The van der Waals surface area contributed by atoms with Crippen LogP contribution in [0.5, 0.6) is 0 Å². The average molecular weight is 353 g/mol. The van der Waals surface area contributed by atoms with Gasteiger partial charge < -0.3 is 10.6 Å². The minimum absolute atomic E-state index is 0.223. The smallest absolute Gasteiger partial charge is 0.275 e. The Morgan fingerprint density at radius 1 is 1.08 bits per heavy atom. The normalized spacial score (nSPS) is 10.3. The van der Waals surface area contributed by atoms with Crippen LogP contribution in [0.15, 0.2) is 60.9 Å².